The number of aliphatic hydroxyl groups is 1. The topological polar surface area (TPSA) is 95.5 Å². The summed E-state index contributed by atoms with van der Waals surface area (Å²) in [7, 11) is 0. The number of carbonyl (C=O) groups excluding carboxylic acids is 1. The van der Waals surface area contributed by atoms with Gasteiger partial charge in [-0.25, -0.2) is 4.79 Å². The van der Waals surface area contributed by atoms with Gasteiger partial charge in [0.15, 0.2) is 0 Å². The first-order valence-electron chi connectivity index (χ1n) is 19.9. The lowest BCUT2D eigenvalue weighted by Gasteiger charge is -2.58. The molecule has 0 heterocycles. The zero-order chi connectivity index (χ0) is 34.4. The van der Waals surface area contributed by atoms with Crippen molar-refractivity contribution in [2.24, 2.45) is 40.4 Å². The van der Waals surface area contributed by atoms with Gasteiger partial charge in [-0.15, -0.1) is 0 Å². The first-order valence-corrected chi connectivity index (χ1v) is 19.9. The van der Waals surface area contributed by atoms with Crippen LogP contribution in [0.25, 0.3) is 0 Å². The summed E-state index contributed by atoms with van der Waals surface area (Å²) in [6, 6.07) is 0. The van der Waals surface area contributed by atoms with Crippen LogP contribution in [0.2, 0.25) is 0 Å². The van der Waals surface area contributed by atoms with Gasteiger partial charge < -0.3 is 34.1 Å². The smallest absolute Gasteiger partial charge is 0.407 e. The lowest BCUT2D eigenvalue weighted by atomic mass is 9.47. The van der Waals surface area contributed by atoms with Crippen LogP contribution >= 0.6 is 0 Å². The fraction of sp³-hybridized carbons (Fsp3) is 0.925. The minimum Gasteiger partial charge on any atom is -0.446 e. The third-order valence-corrected chi connectivity index (χ3v) is 13.0. The van der Waals surface area contributed by atoms with Crippen molar-refractivity contribution in [3.05, 3.63) is 11.6 Å². The van der Waals surface area contributed by atoms with E-state index >= 15 is 0 Å². The van der Waals surface area contributed by atoms with Crippen molar-refractivity contribution in [3.8, 4) is 0 Å². The van der Waals surface area contributed by atoms with Gasteiger partial charge in [-0.1, -0.05) is 72.0 Å². The molecule has 5 unspecified atom stereocenters. The van der Waals surface area contributed by atoms with Crippen LogP contribution in [0, 0.1) is 40.4 Å². The van der Waals surface area contributed by atoms with Gasteiger partial charge in [-0.3, -0.25) is 0 Å². The van der Waals surface area contributed by atoms with Gasteiger partial charge in [-0.05, 0) is 98.2 Å². The van der Waals surface area contributed by atoms with Crippen molar-refractivity contribution in [2.75, 3.05) is 59.4 Å². The standard InChI is InChI=1S/C40H71NO7/c1-6-8-9-11-30(3)35-14-15-36-34-13-12-31-28-33(16-18-39(31,4)37(34)17-19-40(35,36)5)48-38(43)41-20-10-21-44-22-23-45-24-25-46-26-27-47-29-32(42)7-2/h12,30,32-37,42H,6-11,13-29H2,1-5H3,(H,41,43)/t30-,32?,33-,34?,35?,36?,37?,39-,40+/m1/s1. The van der Waals surface area contributed by atoms with Gasteiger partial charge in [0.25, 0.3) is 0 Å². The maximum Gasteiger partial charge on any atom is 0.407 e. The zero-order valence-corrected chi connectivity index (χ0v) is 31.3. The van der Waals surface area contributed by atoms with Crippen LogP contribution < -0.4 is 5.32 Å². The monoisotopic (exact) mass is 678 g/mol. The van der Waals surface area contributed by atoms with Crippen LogP contribution in [0.15, 0.2) is 11.6 Å². The molecule has 0 spiro atoms. The second-order valence-electron chi connectivity index (χ2n) is 16.0. The van der Waals surface area contributed by atoms with Crippen LogP contribution in [-0.4, -0.2) is 82.8 Å². The Kier molecular flexibility index (Phi) is 16.5. The van der Waals surface area contributed by atoms with Crippen molar-refractivity contribution in [3.63, 3.8) is 0 Å². The van der Waals surface area contributed by atoms with Gasteiger partial charge in [-0.2, -0.15) is 0 Å². The molecule has 278 valence electrons. The van der Waals surface area contributed by atoms with Crippen molar-refractivity contribution in [1.29, 1.82) is 0 Å². The Morgan fingerprint density at radius 3 is 2.31 bits per heavy atom. The van der Waals surface area contributed by atoms with Crippen molar-refractivity contribution in [1.82, 2.24) is 5.32 Å². The van der Waals surface area contributed by atoms with E-state index in [1.165, 1.54) is 57.8 Å². The van der Waals surface area contributed by atoms with Crippen molar-refractivity contribution in [2.45, 2.75) is 137 Å². The summed E-state index contributed by atoms with van der Waals surface area (Å²) in [5.41, 5.74) is 2.37. The summed E-state index contributed by atoms with van der Waals surface area (Å²) >= 11 is 0. The molecule has 3 saturated carbocycles. The SMILES string of the molecule is CCCCC[C@@H](C)C1CCC2C3CC=C4C[C@H](OC(=O)NCCCOCCOCCOCCOCC(O)CC)CC[C@@]4(C)C3CC[C@]21C. The van der Waals surface area contributed by atoms with Crippen LogP contribution in [0.1, 0.15) is 125 Å². The number of unbranched alkanes of at least 4 members (excludes halogenated alkanes) is 2. The lowest BCUT2D eigenvalue weighted by molar-refractivity contribution is -0.0581. The third-order valence-electron chi connectivity index (χ3n) is 13.0. The van der Waals surface area contributed by atoms with E-state index < -0.39 is 6.10 Å². The highest BCUT2D eigenvalue weighted by Gasteiger charge is 2.59. The highest BCUT2D eigenvalue weighted by molar-refractivity contribution is 5.67. The number of nitrogens with one attached hydrogen (secondary N) is 1. The molecule has 9 atom stereocenters. The summed E-state index contributed by atoms with van der Waals surface area (Å²) in [5.74, 6) is 4.26. The number of hydrogen-bond acceptors (Lipinski definition) is 7. The number of fused-ring (bicyclic) bond motifs is 5. The summed E-state index contributed by atoms with van der Waals surface area (Å²) in [4.78, 5) is 12.6. The Morgan fingerprint density at radius 1 is 0.896 bits per heavy atom. The van der Waals surface area contributed by atoms with Crippen molar-refractivity contribution < 1.29 is 33.6 Å². The molecule has 0 aromatic heterocycles. The molecule has 2 N–H and O–H groups in total. The normalized spacial score (nSPS) is 32.5. The van der Waals surface area contributed by atoms with E-state index in [9.17, 15) is 9.90 Å². The summed E-state index contributed by atoms with van der Waals surface area (Å²) in [5, 5.41) is 12.4. The van der Waals surface area contributed by atoms with Gasteiger partial charge in [0.2, 0.25) is 0 Å². The summed E-state index contributed by atoms with van der Waals surface area (Å²) in [6.07, 6.45) is 18.7. The van der Waals surface area contributed by atoms with E-state index in [0.29, 0.717) is 71.2 Å². The molecule has 0 aromatic rings. The van der Waals surface area contributed by atoms with Crippen LogP contribution in [0.5, 0.6) is 0 Å². The fourth-order valence-electron chi connectivity index (χ4n) is 10.2. The maximum absolute atomic E-state index is 12.6. The maximum atomic E-state index is 12.6. The van der Waals surface area contributed by atoms with E-state index in [2.05, 4.69) is 39.1 Å². The van der Waals surface area contributed by atoms with Gasteiger partial charge in [0.1, 0.15) is 6.10 Å². The van der Waals surface area contributed by atoms with E-state index in [0.717, 1.165) is 55.3 Å². The predicted molar refractivity (Wildman–Crippen MR) is 191 cm³/mol. The minimum absolute atomic E-state index is 0.0200. The fourth-order valence-corrected chi connectivity index (χ4v) is 10.2. The molecule has 0 saturated heterocycles. The Morgan fingerprint density at radius 2 is 1.60 bits per heavy atom. The highest BCUT2D eigenvalue weighted by atomic mass is 16.6. The Labute approximate surface area is 292 Å². The van der Waals surface area contributed by atoms with Crippen molar-refractivity contribution >= 4 is 6.09 Å². The van der Waals surface area contributed by atoms with E-state index in [4.69, 9.17) is 23.7 Å². The average Bonchev–Trinajstić information content (AvgIpc) is 3.44. The van der Waals surface area contributed by atoms with E-state index in [1.807, 2.05) is 6.92 Å². The Bertz CT molecular complexity index is 975. The number of rotatable bonds is 22. The highest BCUT2D eigenvalue weighted by Crippen LogP contribution is 2.67. The third kappa shape index (κ3) is 10.7. The molecular weight excluding hydrogens is 606 g/mol. The summed E-state index contributed by atoms with van der Waals surface area (Å²) in [6.45, 7) is 16.5. The minimum atomic E-state index is -0.401. The van der Waals surface area contributed by atoms with Crippen LogP contribution in [-0.2, 0) is 23.7 Å². The lowest BCUT2D eigenvalue weighted by Crippen LogP contribution is -2.51. The second-order valence-corrected chi connectivity index (χ2v) is 16.0. The molecule has 1 amide bonds. The van der Waals surface area contributed by atoms with Crippen LogP contribution in [0.3, 0.4) is 0 Å². The number of aliphatic hydroxyl groups excluding tert-OH is 1. The number of amides is 1. The largest absolute Gasteiger partial charge is 0.446 e. The Hall–Kier alpha value is -1.19. The molecule has 0 bridgehead atoms. The second kappa shape index (κ2) is 20.0. The molecule has 0 aromatic carbocycles. The quantitative estimate of drug-likeness (QED) is 0.0883. The van der Waals surface area contributed by atoms with Crippen LogP contribution in [0.4, 0.5) is 4.79 Å². The Balaban J connectivity index is 1.07. The first-order chi connectivity index (χ1) is 23.2. The zero-order valence-electron chi connectivity index (χ0n) is 31.3. The van der Waals surface area contributed by atoms with Gasteiger partial charge in [0.05, 0.1) is 52.4 Å². The number of ether oxygens (including phenoxy) is 5. The molecular formula is C40H71NO7. The predicted octanol–water partition coefficient (Wildman–Crippen LogP) is 8.10. The average molecular weight is 678 g/mol. The number of carbonyl (C=O) groups is 1. The van der Waals surface area contributed by atoms with E-state index in [1.54, 1.807) is 5.57 Å². The molecule has 0 radical (unpaired) electrons. The molecule has 4 aliphatic carbocycles. The van der Waals surface area contributed by atoms with Gasteiger partial charge in [0, 0.05) is 19.6 Å². The molecule has 4 aliphatic rings. The molecule has 8 nitrogen and oxygen atoms in total. The van der Waals surface area contributed by atoms with Gasteiger partial charge >= 0.3 is 6.09 Å². The number of alkyl carbamates (subject to hydrolysis) is 1. The summed E-state index contributed by atoms with van der Waals surface area (Å²) < 4.78 is 27.9. The molecule has 48 heavy (non-hydrogen) atoms. The number of hydrogen-bond donors (Lipinski definition) is 2. The molecule has 0 aliphatic heterocycles. The molecule has 8 heteroatoms. The van der Waals surface area contributed by atoms with E-state index in [-0.39, 0.29) is 17.6 Å². The first kappa shape index (κ1) is 39.6. The molecule has 3 fully saturated rings. The molecule has 4 rings (SSSR count). The number of allylic oxidation sites excluding steroid dienone is 1.